The fraction of sp³-hybridized carbons (Fsp3) is 0.250. The molecule has 0 amide bonds. The molecular weight excluding hydrogens is 360 g/mol. The first-order chi connectivity index (χ1) is 14.3. The first kappa shape index (κ1) is 17.9. The van der Waals surface area contributed by atoms with Gasteiger partial charge in [0, 0.05) is 18.9 Å². The number of fused-ring (bicyclic) bond motifs is 1. The molecule has 0 saturated carbocycles. The van der Waals surface area contributed by atoms with Crippen LogP contribution in [-0.4, -0.2) is 33.5 Å². The van der Waals surface area contributed by atoms with Crippen LogP contribution in [0.25, 0.3) is 22.2 Å². The van der Waals surface area contributed by atoms with Crippen molar-refractivity contribution < 1.29 is 4.74 Å². The number of imidazole rings is 1. The van der Waals surface area contributed by atoms with Gasteiger partial charge in [-0.05, 0) is 72.5 Å². The molecule has 5 nitrogen and oxygen atoms in total. The van der Waals surface area contributed by atoms with Crippen LogP contribution in [-0.2, 0) is 6.54 Å². The van der Waals surface area contributed by atoms with E-state index >= 15 is 0 Å². The molecule has 3 heterocycles. The molecule has 1 aliphatic rings. The molecule has 1 fully saturated rings. The van der Waals surface area contributed by atoms with E-state index in [9.17, 15) is 0 Å². The zero-order valence-electron chi connectivity index (χ0n) is 16.5. The van der Waals surface area contributed by atoms with Gasteiger partial charge in [0.1, 0.15) is 11.6 Å². The number of aromatic nitrogens is 3. The van der Waals surface area contributed by atoms with Crippen LogP contribution in [0.2, 0.25) is 0 Å². The summed E-state index contributed by atoms with van der Waals surface area (Å²) in [7, 11) is 1.70. The topological polar surface area (TPSA) is 54.0 Å². The van der Waals surface area contributed by atoms with Crippen molar-refractivity contribution in [2.24, 2.45) is 0 Å². The highest BCUT2D eigenvalue weighted by molar-refractivity contribution is 5.82. The summed E-state index contributed by atoms with van der Waals surface area (Å²) in [5.41, 5.74) is 5.75. The van der Waals surface area contributed by atoms with E-state index in [2.05, 4.69) is 45.2 Å². The lowest BCUT2D eigenvalue weighted by atomic mass is 10.1. The average molecular weight is 384 g/mol. The van der Waals surface area contributed by atoms with Gasteiger partial charge in [0.2, 0.25) is 0 Å². The predicted octanol–water partition coefficient (Wildman–Crippen LogP) is 4.97. The van der Waals surface area contributed by atoms with Crippen LogP contribution in [0.1, 0.15) is 30.3 Å². The molecule has 2 aromatic heterocycles. The number of aromatic amines is 1. The quantitative estimate of drug-likeness (QED) is 0.528. The van der Waals surface area contributed by atoms with Crippen molar-refractivity contribution in [2.75, 3.05) is 13.7 Å². The van der Waals surface area contributed by atoms with Crippen LogP contribution < -0.4 is 4.74 Å². The fourth-order valence-electron chi connectivity index (χ4n) is 4.20. The van der Waals surface area contributed by atoms with Gasteiger partial charge in [-0.25, -0.2) is 4.98 Å². The van der Waals surface area contributed by atoms with Crippen molar-refractivity contribution in [3.05, 3.63) is 78.4 Å². The van der Waals surface area contributed by atoms with Crippen LogP contribution in [0.5, 0.6) is 5.75 Å². The zero-order valence-corrected chi connectivity index (χ0v) is 16.5. The summed E-state index contributed by atoms with van der Waals surface area (Å²) in [5.74, 6) is 1.96. The van der Waals surface area contributed by atoms with Gasteiger partial charge in [-0.15, -0.1) is 0 Å². The Hall–Kier alpha value is -3.18. The van der Waals surface area contributed by atoms with Crippen LogP contribution in [0.3, 0.4) is 0 Å². The Morgan fingerprint density at radius 2 is 1.86 bits per heavy atom. The van der Waals surface area contributed by atoms with E-state index in [1.807, 2.05) is 36.7 Å². The minimum atomic E-state index is 0.328. The maximum atomic E-state index is 5.27. The van der Waals surface area contributed by atoms with Crippen molar-refractivity contribution in [3.63, 3.8) is 0 Å². The van der Waals surface area contributed by atoms with Gasteiger partial charge in [0.15, 0.2) is 0 Å². The van der Waals surface area contributed by atoms with E-state index in [0.29, 0.717) is 6.04 Å². The summed E-state index contributed by atoms with van der Waals surface area (Å²) in [5, 5.41) is 0. The zero-order chi connectivity index (χ0) is 19.6. The maximum absolute atomic E-state index is 5.27. The highest BCUT2D eigenvalue weighted by Crippen LogP contribution is 2.33. The summed E-state index contributed by atoms with van der Waals surface area (Å²) in [6.45, 7) is 2.02. The summed E-state index contributed by atoms with van der Waals surface area (Å²) in [6, 6.07) is 19.2. The highest BCUT2D eigenvalue weighted by atomic mass is 16.5. The number of likely N-dealkylation sites (tertiary alicyclic amines) is 1. The third kappa shape index (κ3) is 3.61. The summed E-state index contributed by atoms with van der Waals surface area (Å²) < 4.78 is 5.27. The smallest absolute Gasteiger partial charge is 0.124 e. The fourth-order valence-corrected chi connectivity index (χ4v) is 4.20. The number of H-pyrrole nitrogens is 1. The minimum absolute atomic E-state index is 0.328. The first-order valence-corrected chi connectivity index (χ1v) is 10.1. The normalized spacial score (nSPS) is 17.1. The van der Waals surface area contributed by atoms with Gasteiger partial charge in [-0.1, -0.05) is 18.2 Å². The van der Waals surface area contributed by atoms with E-state index < -0.39 is 0 Å². The number of nitrogens with one attached hydrogen (secondary N) is 1. The number of pyridine rings is 1. The molecule has 29 heavy (non-hydrogen) atoms. The van der Waals surface area contributed by atoms with Gasteiger partial charge in [0.25, 0.3) is 0 Å². The average Bonchev–Trinajstić information content (AvgIpc) is 3.40. The van der Waals surface area contributed by atoms with E-state index in [4.69, 9.17) is 9.72 Å². The number of rotatable bonds is 5. The van der Waals surface area contributed by atoms with Gasteiger partial charge in [0.05, 0.1) is 24.2 Å². The molecule has 2 aromatic carbocycles. The molecule has 4 aromatic rings. The number of ether oxygens (including phenoxy) is 1. The Morgan fingerprint density at radius 1 is 1.03 bits per heavy atom. The van der Waals surface area contributed by atoms with Crippen molar-refractivity contribution in [3.8, 4) is 16.9 Å². The lowest BCUT2D eigenvalue weighted by Gasteiger charge is -2.23. The van der Waals surface area contributed by atoms with E-state index in [0.717, 1.165) is 42.1 Å². The predicted molar refractivity (Wildman–Crippen MR) is 115 cm³/mol. The van der Waals surface area contributed by atoms with Gasteiger partial charge < -0.3 is 9.72 Å². The van der Waals surface area contributed by atoms with Crippen molar-refractivity contribution >= 4 is 11.0 Å². The van der Waals surface area contributed by atoms with E-state index in [1.54, 1.807) is 7.11 Å². The maximum Gasteiger partial charge on any atom is 0.124 e. The Kier molecular flexibility index (Phi) is 4.74. The Labute approximate surface area is 170 Å². The molecule has 0 radical (unpaired) electrons. The van der Waals surface area contributed by atoms with Crippen LogP contribution in [0.4, 0.5) is 0 Å². The second-order valence-corrected chi connectivity index (χ2v) is 7.57. The summed E-state index contributed by atoms with van der Waals surface area (Å²) in [4.78, 5) is 15.1. The number of hydrogen-bond acceptors (Lipinski definition) is 4. The molecule has 5 rings (SSSR count). The molecule has 0 bridgehead atoms. The second-order valence-electron chi connectivity index (χ2n) is 7.57. The number of benzene rings is 2. The molecule has 1 N–H and O–H groups in total. The first-order valence-electron chi connectivity index (χ1n) is 10.1. The molecule has 0 spiro atoms. The number of nitrogens with zero attached hydrogens (tertiary/aromatic N) is 3. The van der Waals surface area contributed by atoms with Crippen molar-refractivity contribution in [1.29, 1.82) is 0 Å². The van der Waals surface area contributed by atoms with Crippen molar-refractivity contribution in [2.45, 2.75) is 25.4 Å². The number of hydrogen-bond donors (Lipinski definition) is 1. The highest BCUT2D eigenvalue weighted by Gasteiger charge is 2.28. The SMILES string of the molecule is COc1ccc(CN2CCCC2c2nc3ccc(-c4ccncc4)cc3[nH]2)cc1. The van der Waals surface area contributed by atoms with Gasteiger partial charge in [-0.2, -0.15) is 0 Å². The standard InChI is InChI=1S/C24H24N4O/c1-29-20-7-4-17(5-8-20)16-28-14-2-3-23(28)24-26-21-9-6-19(15-22(21)27-24)18-10-12-25-13-11-18/h4-13,15,23H,2-3,14,16H2,1H3,(H,26,27). The van der Waals surface area contributed by atoms with Crippen LogP contribution in [0.15, 0.2) is 67.0 Å². The third-order valence-corrected chi connectivity index (χ3v) is 5.74. The molecule has 1 saturated heterocycles. The summed E-state index contributed by atoms with van der Waals surface area (Å²) in [6.07, 6.45) is 5.98. The number of methoxy groups -OCH3 is 1. The molecule has 5 heteroatoms. The molecular formula is C24H24N4O. The lowest BCUT2D eigenvalue weighted by Crippen LogP contribution is -2.23. The third-order valence-electron chi connectivity index (χ3n) is 5.74. The molecule has 146 valence electrons. The van der Waals surface area contributed by atoms with Gasteiger partial charge in [-0.3, -0.25) is 9.88 Å². The van der Waals surface area contributed by atoms with Crippen LogP contribution >= 0.6 is 0 Å². The molecule has 0 aliphatic carbocycles. The molecule has 1 atom stereocenters. The monoisotopic (exact) mass is 384 g/mol. The van der Waals surface area contributed by atoms with E-state index in [1.165, 1.54) is 23.1 Å². The Bertz CT molecular complexity index is 1100. The lowest BCUT2D eigenvalue weighted by molar-refractivity contribution is 0.241. The van der Waals surface area contributed by atoms with E-state index in [-0.39, 0.29) is 0 Å². The molecule has 1 aliphatic heterocycles. The minimum Gasteiger partial charge on any atom is -0.497 e. The largest absolute Gasteiger partial charge is 0.497 e. The second kappa shape index (κ2) is 7.68. The van der Waals surface area contributed by atoms with Crippen LogP contribution in [0, 0.1) is 0 Å². The summed E-state index contributed by atoms with van der Waals surface area (Å²) >= 11 is 0. The van der Waals surface area contributed by atoms with Gasteiger partial charge >= 0.3 is 0 Å². The molecule has 1 unspecified atom stereocenters. The Balaban J connectivity index is 1.40. The van der Waals surface area contributed by atoms with Crippen molar-refractivity contribution in [1.82, 2.24) is 19.9 Å². The Morgan fingerprint density at radius 3 is 2.66 bits per heavy atom.